The summed E-state index contributed by atoms with van der Waals surface area (Å²) in [4.78, 5) is 17.8. The van der Waals surface area contributed by atoms with Crippen molar-refractivity contribution in [3.8, 4) is 5.75 Å². The fourth-order valence-corrected chi connectivity index (χ4v) is 8.60. The molecule has 1 aliphatic rings. The molecule has 1 heterocycles. The first-order valence-electron chi connectivity index (χ1n) is 15.7. The van der Waals surface area contributed by atoms with E-state index in [9.17, 15) is 13.2 Å². The Hall–Kier alpha value is -3.82. The molecule has 8 nitrogen and oxygen atoms in total. The number of aryl methyl sites for hydroxylation is 2. The Morgan fingerprint density at radius 2 is 1.64 bits per heavy atom. The molecule has 4 aromatic rings. The summed E-state index contributed by atoms with van der Waals surface area (Å²) in [5.74, 6) is 1.19. The molecule has 0 unspecified atom stereocenters. The smallest absolute Gasteiger partial charge is 0.262 e. The maximum Gasteiger partial charge on any atom is 0.262 e. The van der Waals surface area contributed by atoms with Gasteiger partial charge in [0.2, 0.25) is 5.91 Å². The monoisotopic (exact) mass is 630 g/mol. The Labute approximate surface area is 268 Å². The number of nitrogens with zero attached hydrogens (tertiary/aromatic N) is 3. The van der Waals surface area contributed by atoms with Crippen molar-refractivity contribution in [1.29, 1.82) is 0 Å². The number of fused-ring (bicyclic) bond motifs is 1. The predicted molar refractivity (Wildman–Crippen MR) is 181 cm³/mol. The van der Waals surface area contributed by atoms with Crippen molar-refractivity contribution in [3.63, 3.8) is 0 Å². The van der Waals surface area contributed by atoms with Crippen molar-refractivity contribution in [2.24, 2.45) is 5.92 Å². The summed E-state index contributed by atoms with van der Waals surface area (Å²) in [6, 6.07) is 21.6. The second-order valence-electron chi connectivity index (χ2n) is 12.7. The van der Waals surface area contributed by atoms with Gasteiger partial charge in [-0.3, -0.25) is 14.4 Å². The van der Waals surface area contributed by atoms with Gasteiger partial charge < -0.3 is 14.2 Å². The molecule has 0 atom stereocenters. The first-order valence-corrected chi connectivity index (χ1v) is 17.2. The number of ether oxygens (including phenoxy) is 1. The third kappa shape index (κ3) is 6.75. The number of benzene rings is 3. The zero-order valence-corrected chi connectivity index (χ0v) is 28.2. The Kier molecular flexibility index (Phi) is 9.60. The van der Waals surface area contributed by atoms with E-state index in [1.54, 1.807) is 39.2 Å². The second-order valence-corrected chi connectivity index (χ2v) is 14.3. The normalized spacial score (nSPS) is 18.7. The highest BCUT2D eigenvalue weighted by molar-refractivity contribution is 7.92. The highest BCUT2D eigenvalue weighted by Crippen LogP contribution is 2.44. The number of methoxy groups -OCH3 is 1. The highest BCUT2D eigenvalue weighted by Gasteiger charge is 2.38. The summed E-state index contributed by atoms with van der Waals surface area (Å²) in [7, 11) is 3.89. The molecule has 9 heteroatoms. The van der Waals surface area contributed by atoms with Gasteiger partial charge in [-0.15, -0.1) is 0 Å². The first kappa shape index (κ1) is 32.6. The molecule has 0 aliphatic heterocycles. The molecule has 1 saturated carbocycles. The van der Waals surface area contributed by atoms with Crippen LogP contribution in [-0.4, -0.2) is 63.5 Å². The van der Waals surface area contributed by atoms with Crippen LogP contribution in [0.5, 0.6) is 5.75 Å². The summed E-state index contributed by atoms with van der Waals surface area (Å²) in [6.07, 6.45) is 7.30. The van der Waals surface area contributed by atoms with E-state index in [-0.39, 0.29) is 22.9 Å². The van der Waals surface area contributed by atoms with E-state index in [2.05, 4.69) is 54.0 Å². The molecule has 0 bridgehead atoms. The van der Waals surface area contributed by atoms with E-state index < -0.39 is 10.0 Å². The number of para-hydroxylation sites is 1. The molecule has 1 N–H and O–H groups in total. The van der Waals surface area contributed by atoms with Gasteiger partial charge in [-0.1, -0.05) is 42.5 Å². The largest absolute Gasteiger partial charge is 0.497 e. The number of nitrogens with one attached hydrogen (secondary N) is 1. The molecule has 1 amide bonds. The zero-order chi connectivity index (χ0) is 32.4. The van der Waals surface area contributed by atoms with E-state index in [0.29, 0.717) is 40.5 Å². The molecule has 1 fully saturated rings. The number of sulfonamides is 1. The number of anilines is 1. The lowest BCUT2D eigenvalue weighted by molar-refractivity contribution is -0.130. The number of carbonyl (C=O) groups excluding carboxylic acids is 1. The summed E-state index contributed by atoms with van der Waals surface area (Å²) in [6.45, 7) is 4.34. The molecular weight excluding hydrogens is 584 g/mol. The average Bonchev–Trinajstić information content (AvgIpc) is 3.43. The maximum absolute atomic E-state index is 13.6. The predicted octanol–water partition coefficient (Wildman–Crippen LogP) is 6.56. The molecule has 240 valence electrons. The Morgan fingerprint density at radius 3 is 2.27 bits per heavy atom. The molecule has 1 aliphatic carbocycles. The number of carbonyl (C=O) groups is 1. The van der Waals surface area contributed by atoms with Crippen LogP contribution in [0.4, 0.5) is 5.69 Å². The summed E-state index contributed by atoms with van der Waals surface area (Å²) >= 11 is 0. The van der Waals surface area contributed by atoms with Gasteiger partial charge in [0.1, 0.15) is 12.3 Å². The van der Waals surface area contributed by atoms with Crippen LogP contribution in [0.3, 0.4) is 0 Å². The van der Waals surface area contributed by atoms with Crippen LogP contribution < -0.4 is 9.46 Å². The standard InChI is InChI=1S/C36H46N4O4S/c1-26-23-31(44-6)24-27(2)35(26)45(42,43)37-32-14-10-11-29-18-22-40(34(29)32)25-33(41)39(5)21-17-28-15-19-36(20-16-28,38(3)4)30-12-8-7-9-13-30/h7-14,18,22-24,28,37H,15-17,19-21,25H2,1-6H3. The Morgan fingerprint density at radius 1 is 0.978 bits per heavy atom. The quantitative estimate of drug-likeness (QED) is 0.203. The van der Waals surface area contributed by atoms with E-state index in [4.69, 9.17) is 4.74 Å². The van der Waals surface area contributed by atoms with E-state index in [0.717, 1.165) is 37.5 Å². The summed E-state index contributed by atoms with van der Waals surface area (Å²) < 4.78 is 37.2. The highest BCUT2D eigenvalue weighted by atomic mass is 32.2. The topological polar surface area (TPSA) is 83.9 Å². The second kappa shape index (κ2) is 13.3. The number of hydrogen-bond donors (Lipinski definition) is 1. The Bertz CT molecular complexity index is 1730. The number of amides is 1. The number of likely N-dealkylation sites (N-methyl/N-ethyl adjacent to an activating group) is 1. The van der Waals surface area contributed by atoms with Crippen LogP contribution in [0.25, 0.3) is 10.9 Å². The molecule has 0 saturated heterocycles. The van der Waals surface area contributed by atoms with Crippen molar-refractivity contribution in [3.05, 3.63) is 89.6 Å². The van der Waals surface area contributed by atoms with Gasteiger partial charge in [0, 0.05) is 30.7 Å². The number of aromatic nitrogens is 1. The van der Waals surface area contributed by atoms with Gasteiger partial charge in [0.15, 0.2) is 0 Å². The van der Waals surface area contributed by atoms with Gasteiger partial charge >= 0.3 is 0 Å². The minimum atomic E-state index is -3.90. The van der Waals surface area contributed by atoms with Gasteiger partial charge in [-0.2, -0.15) is 0 Å². The summed E-state index contributed by atoms with van der Waals surface area (Å²) in [5, 5.41) is 0.860. The number of hydrogen-bond acceptors (Lipinski definition) is 5. The van der Waals surface area contributed by atoms with Crippen LogP contribution >= 0.6 is 0 Å². The number of rotatable bonds is 11. The lowest BCUT2D eigenvalue weighted by atomic mass is 9.71. The fraction of sp³-hybridized carbons (Fsp3) is 0.417. The third-order valence-electron chi connectivity index (χ3n) is 9.67. The van der Waals surface area contributed by atoms with Gasteiger partial charge in [-0.25, -0.2) is 8.42 Å². The van der Waals surface area contributed by atoms with Crippen molar-refractivity contribution in [2.75, 3.05) is 39.5 Å². The van der Waals surface area contributed by atoms with Crippen LogP contribution in [0.2, 0.25) is 0 Å². The molecule has 3 aromatic carbocycles. The lowest BCUT2D eigenvalue weighted by Gasteiger charge is -2.46. The minimum Gasteiger partial charge on any atom is -0.497 e. The van der Waals surface area contributed by atoms with E-state index in [1.165, 1.54) is 5.56 Å². The van der Waals surface area contributed by atoms with Gasteiger partial charge in [0.05, 0.1) is 23.2 Å². The maximum atomic E-state index is 13.6. The molecule has 0 spiro atoms. The lowest BCUT2D eigenvalue weighted by Crippen LogP contribution is -2.44. The molecule has 5 rings (SSSR count). The van der Waals surface area contributed by atoms with Gasteiger partial charge in [-0.05, 0) is 107 Å². The van der Waals surface area contributed by atoms with Gasteiger partial charge in [0.25, 0.3) is 10.0 Å². The van der Waals surface area contributed by atoms with Crippen molar-refractivity contribution < 1.29 is 17.9 Å². The van der Waals surface area contributed by atoms with Crippen molar-refractivity contribution in [1.82, 2.24) is 14.4 Å². The SMILES string of the molecule is COc1cc(C)c(S(=O)(=O)Nc2cccc3ccn(CC(=O)N(C)CCC4CCC(c5ccccc5)(N(C)C)CC4)c23)c(C)c1. The van der Waals surface area contributed by atoms with Crippen LogP contribution in [0.1, 0.15) is 48.8 Å². The zero-order valence-electron chi connectivity index (χ0n) is 27.3. The molecule has 45 heavy (non-hydrogen) atoms. The van der Waals surface area contributed by atoms with E-state index in [1.807, 2.05) is 40.9 Å². The van der Waals surface area contributed by atoms with Crippen molar-refractivity contribution in [2.45, 2.75) is 62.9 Å². The van der Waals surface area contributed by atoms with E-state index >= 15 is 0 Å². The van der Waals surface area contributed by atoms with Crippen molar-refractivity contribution >= 4 is 32.5 Å². The average molecular weight is 631 g/mol. The molecule has 0 radical (unpaired) electrons. The molecule has 1 aromatic heterocycles. The molecular formula is C36H46N4O4S. The Balaban J connectivity index is 1.25. The van der Waals surface area contributed by atoms with Crippen LogP contribution in [0.15, 0.2) is 77.8 Å². The van der Waals surface area contributed by atoms with Crippen LogP contribution in [0, 0.1) is 19.8 Å². The first-order chi connectivity index (χ1) is 21.4. The third-order valence-corrected chi connectivity index (χ3v) is 11.3. The van der Waals surface area contributed by atoms with Crippen LogP contribution in [-0.2, 0) is 26.9 Å². The minimum absolute atomic E-state index is 0.00487. The summed E-state index contributed by atoms with van der Waals surface area (Å²) in [5.41, 5.74) is 3.77. The fourth-order valence-electron chi connectivity index (χ4n) is 7.08.